The van der Waals surface area contributed by atoms with Crippen LogP contribution in [0.1, 0.15) is 49.2 Å². The van der Waals surface area contributed by atoms with Gasteiger partial charge in [0.1, 0.15) is 29.1 Å². The van der Waals surface area contributed by atoms with Crippen LogP contribution in [0.2, 0.25) is 0 Å². The summed E-state index contributed by atoms with van der Waals surface area (Å²) >= 11 is 9.12. The van der Waals surface area contributed by atoms with E-state index in [2.05, 4.69) is 26.2 Å². The standard InChI is InChI=1S/C29H25BrFN3O2S/c30-18-8-13-22(23(31)17-18)25-14-15-26(36-25)28-27(24-7-3-4-16-32-24)33-29(37)34(28)19-9-11-21(12-10-19)35-20-5-1-2-6-20/h3-4,7-17,20,27-28H,1-2,5-6H2,(H,33,37)/t27-,28-/m0/s1. The highest BCUT2D eigenvalue weighted by molar-refractivity contribution is 9.10. The Labute approximate surface area is 228 Å². The molecule has 1 saturated heterocycles. The Bertz CT molecular complexity index is 1410. The molecule has 4 aromatic rings. The monoisotopic (exact) mass is 577 g/mol. The number of benzene rings is 2. The summed E-state index contributed by atoms with van der Waals surface area (Å²) in [5.74, 6) is 1.62. The first-order chi connectivity index (χ1) is 18.1. The average molecular weight is 579 g/mol. The van der Waals surface area contributed by atoms with Crippen molar-refractivity contribution in [2.24, 2.45) is 0 Å². The highest BCUT2D eigenvalue weighted by Gasteiger charge is 2.42. The Morgan fingerprint density at radius 2 is 1.84 bits per heavy atom. The van der Waals surface area contributed by atoms with Gasteiger partial charge in [0.25, 0.3) is 0 Å². The maximum Gasteiger partial charge on any atom is 0.174 e. The molecule has 5 nitrogen and oxygen atoms in total. The van der Waals surface area contributed by atoms with Gasteiger partial charge in [-0.05, 0) is 105 Å². The molecule has 2 aliphatic rings. The van der Waals surface area contributed by atoms with Crippen molar-refractivity contribution in [2.45, 2.75) is 43.9 Å². The Morgan fingerprint density at radius 1 is 1.03 bits per heavy atom. The van der Waals surface area contributed by atoms with E-state index in [0.29, 0.717) is 32.8 Å². The molecule has 188 valence electrons. The molecule has 1 saturated carbocycles. The Balaban J connectivity index is 1.36. The third kappa shape index (κ3) is 4.88. The molecule has 1 N–H and O–H groups in total. The van der Waals surface area contributed by atoms with E-state index in [1.165, 1.54) is 18.9 Å². The highest BCUT2D eigenvalue weighted by atomic mass is 79.9. The number of anilines is 1. The summed E-state index contributed by atoms with van der Waals surface area (Å²) in [6.45, 7) is 0. The number of furan rings is 1. The molecule has 2 atom stereocenters. The van der Waals surface area contributed by atoms with Crippen LogP contribution >= 0.6 is 28.1 Å². The largest absolute Gasteiger partial charge is 0.490 e. The van der Waals surface area contributed by atoms with E-state index in [1.807, 2.05) is 53.4 Å². The molecule has 0 unspecified atom stereocenters. The van der Waals surface area contributed by atoms with E-state index in [0.717, 1.165) is 30.0 Å². The second-order valence-electron chi connectivity index (χ2n) is 9.34. The lowest BCUT2D eigenvalue weighted by atomic mass is 10.0. The highest BCUT2D eigenvalue weighted by Crippen LogP contribution is 2.43. The second-order valence-corrected chi connectivity index (χ2v) is 10.6. The number of halogens is 2. The number of nitrogens with zero attached hydrogens (tertiary/aromatic N) is 2. The van der Waals surface area contributed by atoms with Crippen LogP contribution in [0.3, 0.4) is 0 Å². The lowest BCUT2D eigenvalue weighted by molar-refractivity contribution is 0.210. The van der Waals surface area contributed by atoms with Crippen LogP contribution in [0.25, 0.3) is 11.3 Å². The maximum atomic E-state index is 14.7. The van der Waals surface area contributed by atoms with Crippen LogP contribution in [0, 0.1) is 5.82 Å². The fraction of sp³-hybridized carbons (Fsp3) is 0.241. The van der Waals surface area contributed by atoms with Crippen LogP contribution in [0.15, 0.2) is 87.9 Å². The van der Waals surface area contributed by atoms with Crippen LogP contribution in [0.5, 0.6) is 5.75 Å². The Hall–Kier alpha value is -3.23. The van der Waals surface area contributed by atoms with Crippen molar-refractivity contribution in [3.63, 3.8) is 0 Å². The van der Waals surface area contributed by atoms with Crippen LogP contribution in [0.4, 0.5) is 10.1 Å². The average Bonchev–Trinajstić information content (AvgIpc) is 3.66. The van der Waals surface area contributed by atoms with Gasteiger partial charge in [-0.1, -0.05) is 22.0 Å². The van der Waals surface area contributed by atoms with Crippen LogP contribution in [-0.2, 0) is 0 Å². The molecule has 2 aromatic carbocycles. The van der Waals surface area contributed by atoms with E-state index in [4.69, 9.17) is 21.4 Å². The number of hydrogen-bond acceptors (Lipinski definition) is 4. The number of hydrogen-bond donors (Lipinski definition) is 1. The molecule has 0 amide bonds. The Morgan fingerprint density at radius 3 is 2.57 bits per heavy atom. The summed E-state index contributed by atoms with van der Waals surface area (Å²) < 4.78 is 27.8. The number of nitrogens with one attached hydrogen (secondary N) is 1. The van der Waals surface area contributed by atoms with Crippen molar-refractivity contribution in [2.75, 3.05) is 4.90 Å². The molecule has 0 spiro atoms. The van der Waals surface area contributed by atoms with Gasteiger partial charge in [0.2, 0.25) is 0 Å². The number of pyridine rings is 1. The van der Waals surface area contributed by atoms with Gasteiger partial charge >= 0.3 is 0 Å². The zero-order valence-electron chi connectivity index (χ0n) is 19.9. The fourth-order valence-corrected chi connectivity index (χ4v) is 5.83. The van der Waals surface area contributed by atoms with Crippen molar-refractivity contribution in [1.29, 1.82) is 0 Å². The van der Waals surface area contributed by atoms with Gasteiger partial charge in [-0.15, -0.1) is 0 Å². The van der Waals surface area contributed by atoms with Gasteiger partial charge in [-0.25, -0.2) is 4.39 Å². The zero-order chi connectivity index (χ0) is 25.4. The number of rotatable bonds is 6. The molecule has 2 aromatic heterocycles. The van der Waals surface area contributed by atoms with Crippen molar-refractivity contribution in [3.05, 3.63) is 101 Å². The third-order valence-electron chi connectivity index (χ3n) is 6.93. The summed E-state index contributed by atoms with van der Waals surface area (Å²) in [6.07, 6.45) is 6.72. The first kappa shape index (κ1) is 24.1. The normalized spacial score (nSPS) is 19.8. The summed E-state index contributed by atoms with van der Waals surface area (Å²) in [5.41, 5.74) is 2.15. The van der Waals surface area contributed by atoms with Gasteiger partial charge in [0.05, 0.1) is 23.4 Å². The van der Waals surface area contributed by atoms with Crippen molar-refractivity contribution in [1.82, 2.24) is 10.3 Å². The number of ether oxygens (including phenoxy) is 1. The summed E-state index contributed by atoms with van der Waals surface area (Å²) in [7, 11) is 0. The smallest absolute Gasteiger partial charge is 0.174 e. The van der Waals surface area contributed by atoms with Crippen molar-refractivity contribution in [3.8, 4) is 17.1 Å². The summed E-state index contributed by atoms with van der Waals surface area (Å²) in [4.78, 5) is 6.62. The fourth-order valence-electron chi connectivity index (χ4n) is 5.15. The first-order valence-electron chi connectivity index (χ1n) is 12.4. The topological polar surface area (TPSA) is 50.5 Å². The van der Waals surface area contributed by atoms with Gasteiger partial charge in [0.15, 0.2) is 5.11 Å². The first-order valence-corrected chi connectivity index (χ1v) is 13.6. The lowest BCUT2D eigenvalue weighted by Crippen LogP contribution is -2.29. The maximum absolute atomic E-state index is 14.7. The van der Waals surface area contributed by atoms with Crippen molar-refractivity contribution < 1.29 is 13.5 Å². The number of aromatic nitrogens is 1. The molecule has 8 heteroatoms. The van der Waals surface area contributed by atoms with Gasteiger partial charge < -0.3 is 19.4 Å². The quantitative estimate of drug-likeness (QED) is 0.236. The van der Waals surface area contributed by atoms with Gasteiger partial charge in [-0.2, -0.15) is 0 Å². The van der Waals surface area contributed by atoms with Crippen molar-refractivity contribution >= 4 is 38.9 Å². The summed E-state index contributed by atoms with van der Waals surface area (Å²) in [5, 5.41) is 4.00. The molecule has 1 aliphatic heterocycles. The van der Waals surface area contributed by atoms with E-state index < -0.39 is 0 Å². The minimum Gasteiger partial charge on any atom is -0.490 e. The third-order valence-corrected chi connectivity index (χ3v) is 7.74. The predicted molar refractivity (Wildman–Crippen MR) is 149 cm³/mol. The number of thiocarbonyl (C=S) groups is 1. The summed E-state index contributed by atoms with van der Waals surface area (Å²) in [6, 6.07) is 21.9. The zero-order valence-corrected chi connectivity index (χ0v) is 22.3. The van der Waals surface area contributed by atoms with E-state index >= 15 is 0 Å². The molecule has 6 rings (SSSR count). The molecule has 2 fully saturated rings. The van der Waals surface area contributed by atoms with Crippen LogP contribution in [-0.4, -0.2) is 16.2 Å². The molecule has 1 aliphatic carbocycles. The molecular formula is C29H25BrFN3O2S. The van der Waals surface area contributed by atoms with E-state index in [9.17, 15) is 4.39 Å². The van der Waals surface area contributed by atoms with Gasteiger partial charge in [-0.3, -0.25) is 4.98 Å². The molecule has 3 heterocycles. The van der Waals surface area contributed by atoms with Crippen LogP contribution < -0.4 is 15.0 Å². The second kappa shape index (κ2) is 10.3. The van der Waals surface area contributed by atoms with E-state index in [1.54, 1.807) is 24.4 Å². The lowest BCUT2D eigenvalue weighted by Gasteiger charge is -2.26. The molecular weight excluding hydrogens is 553 g/mol. The van der Waals surface area contributed by atoms with Gasteiger partial charge in [0, 0.05) is 16.4 Å². The van der Waals surface area contributed by atoms with E-state index in [-0.39, 0.29) is 17.9 Å². The minimum absolute atomic E-state index is 0.253. The molecule has 0 bridgehead atoms. The molecule has 37 heavy (non-hydrogen) atoms. The predicted octanol–water partition coefficient (Wildman–Crippen LogP) is 7.74. The molecule has 0 radical (unpaired) electrons. The SMILES string of the molecule is Fc1cc(Br)ccc1-c1ccc([C@H]2[C@H](c3ccccn3)NC(=S)N2c2ccc(OC3CCCC3)cc2)o1. The minimum atomic E-state index is -0.355. The Kier molecular flexibility index (Phi) is 6.69.